The van der Waals surface area contributed by atoms with Gasteiger partial charge >= 0.3 is 41.5 Å². The van der Waals surface area contributed by atoms with Gasteiger partial charge in [-0.15, -0.1) is 12.4 Å². The molecule has 0 amide bonds. The molecule has 0 aliphatic carbocycles. The SMILES string of the molecule is Cl.O=C(O)C(=O)O.[H-].[Mn].[Na+]. The van der Waals surface area contributed by atoms with E-state index in [-0.39, 0.29) is 60.5 Å². The van der Waals surface area contributed by atoms with Gasteiger partial charge in [-0.25, -0.2) is 9.59 Å². The Morgan fingerprint density at radius 3 is 1.22 bits per heavy atom. The van der Waals surface area contributed by atoms with E-state index in [2.05, 4.69) is 0 Å². The van der Waals surface area contributed by atoms with Gasteiger partial charge in [0, 0.05) is 17.1 Å². The summed E-state index contributed by atoms with van der Waals surface area (Å²) in [7, 11) is 0. The molecule has 0 aromatic carbocycles. The number of carbonyl (C=O) groups is 2. The van der Waals surface area contributed by atoms with Crippen LogP contribution in [0.3, 0.4) is 0 Å². The van der Waals surface area contributed by atoms with E-state index in [9.17, 15) is 0 Å². The van der Waals surface area contributed by atoms with E-state index in [0.717, 1.165) is 0 Å². The summed E-state index contributed by atoms with van der Waals surface area (Å²) in [4.78, 5) is 18.2. The summed E-state index contributed by atoms with van der Waals surface area (Å²) in [5.41, 5.74) is 0. The van der Waals surface area contributed by atoms with Gasteiger partial charge in [-0.05, 0) is 0 Å². The zero-order valence-corrected chi connectivity index (χ0v) is 8.49. The Morgan fingerprint density at radius 1 is 1.11 bits per heavy atom. The molecule has 0 aliphatic rings. The monoisotopic (exact) mass is 205 g/mol. The molecule has 51 valence electrons. The predicted octanol–water partition coefficient (Wildman–Crippen LogP) is -3.31. The van der Waals surface area contributed by atoms with E-state index in [1.807, 2.05) is 0 Å². The van der Waals surface area contributed by atoms with Gasteiger partial charge < -0.3 is 11.6 Å². The molecule has 0 spiro atoms. The molecule has 7 heteroatoms. The van der Waals surface area contributed by atoms with E-state index >= 15 is 0 Å². The molecule has 0 aromatic rings. The van der Waals surface area contributed by atoms with Gasteiger partial charge in [0.1, 0.15) is 0 Å². The molecule has 0 saturated carbocycles. The van der Waals surface area contributed by atoms with Gasteiger partial charge in [0.15, 0.2) is 0 Å². The fourth-order valence-electron chi connectivity index (χ4n) is 0. The van der Waals surface area contributed by atoms with Gasteiger partial charge in [-0.2, -0.15) is 0 Å². The first kappa shape index (κ1) is 22.6. The second kappa shape index (κ2) is 11.5. The van der Waals surface area contributed by atoms with Crippen LogP contribution in [0.5, 0.6) is 0 Å². The molecule has 0 aliphatic heterocycles. The van der Waals surface area contributed by atoms with Crippen LogP contribution in [-0.4, -0.2) is 22.2 Å². The van der Waals surface area contributed by atoms with Crippen LogP contribution in [0, 0.1) is 0 Å². The number of hydrogen-bond acceptors (Lipinski definition) is 2. The second-order valence-corrected chi connectivity index (χ2v) is 0.610. The molecule has 9 heavy (non-hydrogen) atoms. The van der Waals surface area contributed by atoms with Crippen LogP contribution in [0.15, 0.2) is 0 Å². The van der Waals surface area contributed by atoms with Gasteiger partial charge in [0.2, 0.25) is 0 Å². The number of aliphatic carboxylic acids is 2. The molecule has 0 bridgehead atoms. The molecule has 0 fully saturated rings. The van der Waals surface area contributed by atoms with Crippen molar-refractivity contribution in [3.63, 3.8) is 0 Å². The molecule has 0 heterocycles. The first-order chi connectivity index (χ1) is 2.64. The number of hydrogen-bond donors (Lipinski definition) is 2. The minimum absolute atomic E-state index is 0. The normalized spacial score (nSPS) is 4.89. The Hall–Kier alpha value is 0.749. The van der Waals surface area contributed by atoms with Gasteiger partial charge in [0.05, 0.1) is 0 Å². The minimum atomic E-state index is -1.82. The maximum absolute atomic E-state index is 9.10. The number of carboxylic acids is 2. The zero-order valence-electron chi connectivity index (χ0n) is 5.50. The van der Waals surface area contributed by atoms with Crippen LogP contribution >= 0.6 is 12.4 Å². The van der Waals surface area contributed by atoms with E-state index in [1.54, 1.807) is 0 Å². The molecule has 0 atom stereocenters. The molecule has 4 nitrogen and oxygen atoms in total. The molecule has 1 radical (unpaired) electrons. The number of halogens is 1. The van der Waals surface area contributed by atoms with E-state index in [0.29, 0.717) is 0 Å². The van der Waals surface area contributed by atoms with Crippen LogP contribution < -0.4 is 29.6 Å². The van der Waals surface area contributed by atoms with Crippen molar-refractivity contribution in [2.45, 2.75) is 0 Å². The Bertz CT molecular complexity index is 89.3. The maximum atomic E-state index is 9.10. The van der Waals surface area contributed by atoms with Crippen LogP contribution in [0.2, 0.25) is 0 Å². The van der Waals surface area contributed by atoms with E-state index < -0.39 is 11.9 Å². The van der Waals surface area contributed by atoms with Crippen LogP contribution in [0.25, 0.3) is 0 Å². The molecule has 0 rings (SSSR count). The number of carboxylic acid groups (broad SMARTS) is 2. The van der Waals surface area contributed by atoms with Crippen LogP contribution in [0.1, 0.15) is 1.43 Å². The Kier molecular flexibility index (Phi) is 28.9. The summed E-state index contributed by atoms with van der Waals surface area (Å²) in [5.74, 6) is -3.65. The molecule has 0 aromatic heterocycles. The third-order valence-electron chi connectivity index (χ3n) is 0.183. The van der Waals surface area contributed by atoms with Crippen LogP contribution in [-0.2, 0) is 26.7 Å². The van der Waals surface area contributed by atoms with Crippen molar-refractivity contribution in [1.29, 1.82) is 0 Å². The Morgan fingerprint density at radius 2 is 1.22 bits per heavy atom. The van der Waals surface area contributed by atoms with Crippen LogP contribution in [0.4, 0.5) is 0 Å². The molecular weight excluding hydrogens is 201 g/mol. The van der Waals surface area contributed by atoms with Gasteiger partial charge in [-0.1, -0.05) is 0 Å². The average molecular weight is 205 g/mol. The van der Waals surface area contributed by atoms with Crippen molar-refractivity contribution < 1.29 is 67.9 Å². The minimum Gasteiger partial charge on any atom is -1.00 e. The smallest absolute Gasteiger partial charge is 1.00 e. The average Bonchev–Trinajstić information content (AvgIpc) is 1.36. The van der Waals surface area contributed by atoms with Gasteiger partial charge in [0.25, 0.3) is 0 Å². The van der Waals surface area contributed by atoms with Crippen molar-refractivity contribution in [2.24, 2.45) is 0 Å². The quantitative estimate of drug-likeness (QED) is 0.321. The van der Waals surface area contributed by atoms with E-state index in [4.69, 9.17) is 19.8 Å². The molecule has 0 saturated heterocycles. The van der Waals surface area contributed by atoms with Crippen molar-refractivity contribution in [3.05, 3.63) is 0 Å². The summed E-state index contributed by atoms with van der Waals surface area (Å²) in [6.07, 6.45) is 0. The summed E-state index contributed by atoms with van der Waals surface area (Å²) in [6.45, 7) is 0. The van der Waals surface area contributed by atoms with E-state index in [1.165, 1.54) is 0 Å². The third-order valence-corrected chi connectivity index (χ3v) is 0.183. The largest absolute Gasteiger partial charge is 1.00 e. The van der Waals surface area contributed by atoms with Crippen molar-refractivity contribution in [2.75, 3.05) is 0 Å². The first-order valence-electron chi connectivity index (χ1n) is 1.11. The first-order valence-corrected chi connectivity index (χ1v) is 1.11. The summed E-state index contributed by atoms with van der Waals surface area (Å²) in [5, 5.41) is 14.8. The third kappa shape index (κ3) is 17.7. The van der Waals surface area contributed by atoms with Crippen molar-refractivity contribution >= 4 is 24.3 Å². The fraction of sp³-hybridized carbons (Fsp3) is 0. The van der Waals surface area contributed by atoms with Crippen molar-refractivity contribution in [3.8, 4) is 0 Å². The Labute approximate surface area is 91.7 Å². The topological polar surface area (TPSA) is 74.6 Å². The maximum Gasteiger partial charge on any atom is 1.00 e. The summed E-state index contributed by atoms with van der Waals surface area (Å²) < 4.78 is 0. The molecule has 0 unspecified atom stereocenters. The summed E-state index contributed by atoms with van der Waals surface area (Å²) >= 11 is 0. The standard InChI is InChI=1S/C2H2O4.ClH.Mn.Na.H/c3-1(4)2(5)6;;;;/h(H,3,4)(H,5,6);1H;;;/q;;;+1;-1. The summed E-state index contributed by atoms with van der Waals surface area (Å²) in [6, 6.07) is 0. The van der Waals surface area contributed by atoms with Crippen molar-refractivity contribution in [1.82, 2.24) is 0 Å². The number of rotatable bonds is 0. The van der Waals surface area contributed by atoms with Gasteiger partial charge in [-0.3, -0.25) is 0 Å². The Balaban J connectivity index is -0.0000000208. The molecule has 2 N–H and O–H groups in total. The zero-order chi connectivity index (χ0) is 5.15. The fourth-order valence-corrected chi connectivity index (χ4v) is 0. The predicted molar refractivity (Wildman–Crippen MR) is 23.6 cm³/mol. The second-order valence-electron chi connectivity index (χ2n) is 0.610. The molecular formula is C2H4ClMnNaO4.